The van der Waals surface area contributed by atoms with Gasteiger partial charge in [0.1, 0.15) is 6.04 Å². The van der Waals surface area contributed by atoms with Crippen molar-refractivity contribution in [3.05, 3.63) is 23.8 Å². The van der Waals surface area contributed by atoms with E-state index in [4.69, 9.17) is 5.73 Å². The Kier molecular flexibility index (Phi) is 5.96. The van der Waals surface area contributed by atoms with Crippen LogP contribution in [0.3, 0.4) is 0 Å². The lowest BCUT2D eigenvalue weighted by atomic mass is 10.0. The first-order valence-corrected chi connectivity index (χ1v) is 5.45. The molecule has 2 N–H and O–H groups in total. The van der Waals surface area contributed by atoms with E-state index in [1.54, 1.807) is 31.1 Å². The van der Waals surface area contributed by atoms with Crippen LogP contribution in [0.15, 0.2) is 18.2 Å². The Labute approximate surface area is 117 Å². The Hall–Kier alpha value is -1.14. The quantitative estimate of drug-likeness (QED) is 0.931. The molecule has 3 nitrogen and oxygen atoms in total. The summed E-state index contributed by atoms with van der Waals surface area (Å²) in [6.45, 7) is 0. The molecule has 0 radical (unpaired) electrons. The van der Waals surface area contributed by atoms with Gasteiger partial charge < -0.3 is 15.5 Å². The van der Waals surface area contributed by atoms with Gasteiger partial charge in [0.05, 0.1) is 0 Å². The van der Waals surface area contributed by atoms with Gasteiger partial charge in [0.2, 0.25) is 0 Å². The van der Waals surface area contributed by atoms with Crippen LogP contribution < -0.4 is 15.5 Å². The molecule has 0 spiro atoms. The standard InChI is InChI=1S/C12H18F3N3.ClH/c1-17(2)8-5-6-9(10(7-8)18(3)4)11(16)12(13,14)15;/h5-7,11H,16H2,1-4H3;1H/t11-;/m0./s1. The fourth-order valence-corrected chi connectivity index (χ4v) is 1.64. The number of hydrogen-bond acceptors (Lipinski definition) is 3. The van der Waals surface area contributed by atoms with Crippen LogP contribution in [0.4, 0.5) is 24.5 Å². The van der Waals surface area contributed by atoms with Gasteiger partial charge in [0.15, 0.2) is 0 Å². The second kappa shape index (κ2) is 6.34. The maximum atomic E-state index is 12.7. The molecule has 0 saturated heterocycles. The molecule has 0 aliphatic carbocycles. The summed E-state index contributed by atoms with van der Waals surface area (Å²) in [5.41, 5.74) is 6.66. The number of nitrogens with two attached hydrogens (primary N) is 1. The van der Waals surface area contributed by atoms with Crippen LogP contribution in [-0.4, -0.2) is 34.4 Å². The largest absolute Gasteiger partial charge is 0.407 e. The SMILES string of the molecule is CN(C)c1ccc([C@H](N)C(F)(F)F)c(N(C)C)c1.Cl. The molecule has 0 fully saturated rings. The van der Waals surface area contributed by atoms with Gasteiger partial charge in [-0.15, -0.1) is 12.4 Å². The number of hydrogen-bond donors (Lipinski definition) is 1. The van der Waals surface area contributed by atoms with Gasteiger partial charge >= 0.3 is 6.18 Å². The fourth-order valence-electron chi connectivity index (χ4n) is 1.64. The topological polar surface area (TPSA) is 32.5 Å². The second-order valence-corrected chi connectivity index (χ2v) is 4.55. The number of alkyl halides is 3. The third-order valence-electron chi connectivity index (χ3n) is 2.70. The molecule has 0 saturated carbocycles. The third kappa shape index (κ3) is 4.18. The Morgan fingerprint density at radius 3 is 1.95 bits per heavy atom. The molecular weight excluding hydrogens is 279 g/mol. The molecule has 0 aliphatic heterocycles. The molecule has 1 atom stereocenters. The number of rotatable bonds is 3. The lowest BCUT2D eigenvalue weighted by Gasteiger charge is -2.25. The van der Waals surface area contributed by atoms with E-state index in [0.717, 1.165) is 5.69 Å². The van der Waals surface area contributed by atoms with Crippen LogP contribution >= 0.6 is 12.4 Å². The van der Waals surface area contributed by atoms with Gasteiger partial charge in [-0.3, -0.25) is 0 Å². The van der Waals surface area contributed by atoms with Gasteiger partial charge in [0, 0.05) is 45.1 Å². The zero-order valence-corrected chi connectivity index (χ0v) is 12.1. The van der Waals surface area contributed by atoms with Crippen molar-refractivity contribution in [2.24, 2.45) is 5.73 Å². The summed E-state index contributed by atoms with van der Waals surface area (Å²) >= 11 is 0. The number of anilines is 2. The van der Waals surface area contributed by atoms with E-state index in [0.29, 0.717) is 5.69 Å². The summed E-state index contributed by atoms with van der Waals surface area (Å²) in [7, 11) is 7.05. The van der Waals surface area contributed by atoms with Crippen LogP contribution in [0.5, 0.6) is 0 Å². The highest BCUT2D eigenvalue weighted by atomic mass is 35.5. The van der Waals surface area contributed by atoms with Crippen LogP contribution in [-0.2, 0) is 0 Å². The molecule has 19 heavy (non-hydrogen) atoms. The molecular formula is C12H19ClF3N3. The predicted molar refractivity (Wildman–Crippen MR) is 75.3 cm³/mol. The lowest BCUT2D eigenvalue weighted by molar-refractivity contribution is -0.149. The fraction of sp³-hybridized carbons (Fsp3) is 0.500. The van der Waals surface area contributed by atoms with Crippen molar-refractivity contribution in [3.8, 4) is 0 Å². The molecule has 1 aromatic carbocycles. The maximum absolute atomic E-state index is 12.7. The van der Waals surface area contributed by atoms with E-state index in [2.05, 4.69) is 0 Å². The van der Waals surface area contributed by atoms with E-state index in [-0.39, 0.29) is 18.0 Å². The Morgan fingerprint density at radius 2 is 1.58 bits per heavy atom. The average molecular weight is 298 g/mol. The van der Waals surface area contributed by atoms with E-state index >= 15 is 0 Å². The molecule has 110 valence electrons. The summed E-state index contributed by atoms with van der Waals surface area (Å²) in [5.74, 6) is 0. The minimum Gasteiger partial charge on any atom is -0.378 e. The maximum Gasteiger partial charge on any atom is 0.407 e. The Bertz CT molecular complexity index is 419. The predicted octanol–water partition coefficient (Wildman–Crippen LogP) is 2.80. The van der Waals surface area contributed by atoms with Crippen LogP contribution in [0.25, 0.3) is 0 Å². The van der Waals surface area contributed by atoms with Gasteiger partial charge in [0.25, 0.3) is 0 Å². The van der Waals surface area contributed by atoms with Crippen molar-refractivity contribution in [1.29, 1.82) is 0 Å². The molecule has 1 aromatic rings. The van der Waals surface area contributed by atoms with E-state index < -0.39 is 12.2 Å². The van der Waals surface area contributed by atoms with Crippen molar-refractivity contribution in [2.75, 3.05) is 38.0 Å². The van der Waals surface area contributed by atoms with Crippen molar-refractivity contribution < 1.29 is 13.2 Å². The van der Waals surface area contributed by atoms with Gasteiger partial charge in [-0.05, 0) is 12.1 Å². The van der Waals surface area contributed by atoms with Crippen molar-refractivity contribution in [3.63, 3.8) is 0 Å². The first kappa shape index (κ1) is 17.9. The molecule has 0 heterocycles. The zero-order chi connectivity index (χ0) is 14.1. The third-order valence-corrected chi connectivity index (χ3v) is 2.70. The van der Waals surface area contributed by atoms with Gasteiger partial charge in [-0.2, -0.15) is 13.2 Å². The second-order valence-electron chi connectivity index (χ2n) is 4.55. The number of benzene rings is 1. The van der Waals surface area contributed by atoms with Crippen LogP contribution in [0.1, 0.15) is 11.6 Å². The van der Waals surface area contributed by atoms with Crippen molar-refractivity contribution in [1.82, 2.24) is 0 Å². The van der Waals surface area contributed by atoms with E-state index in [9.17, 15) is 13.2 Å². The zero-order valence-electron chi connectivity index (χ0n) is 11.3. The number of halogens is 4. The van der Waals surface area contributed by atoms with Gasteiger partial charge in [-0.25, -0.2) is 0 Å². The normalized spacial score (nSPS) is 12.6. The molecule has 0 bridgehead atoms. The summed E-state index contributed by atoms with van der Waals surface area (Å²) in [4.78, 5) is 3.46. The Balaban J connectivity index is 0.00000324. The minimum absolute atomic E-state index is 0. The van der Waals surface area contributed by atoms with E-state index in [1.807, 2.05) is 19.0 Å². The first-order valence-electron chi connectivity index (χ1n) is 5.45. The average Bonchev–Trinajstić information content (AvgIpc) is 2.25. The van der Waals surface area contributed by atoms with Crippen LogP contribution in [0, 0.1) is 0 Å². The number of nitrogens with zero attached hydrogens (tertiary/aromatic N) is 2. The van der Waals surface area contributed by atoms with E-state index in [1.165, 1.54) is 6.07 Å². The van der Waals surface area contributed by atoms with Crippen molar-refractivity contribution >= 4 is 23.8 Å². The molecule has 0 aliphatic rings. The van der Waals surface area contributed by atoms with Gasteiger partial charge in [-0.1, -0.05) is 6.07 Å². The highest BCUT2D eigenvalue weighted by Gasteiger charge is 2.39. The molecule has 0 aromatic heterocycles. The minimum atomic E-state index is -4.44. The molecule has 7 heteroatoms. The molecule has 0 amide bonds. The Morgan fingerprint density at radius 1 is 1.05 bits per heavy atom. The summed E-state index contributed by atoms with van der Waals surface area (Å²) in [6, 6.07) is 2.80. The van der Waals surface area contributed by atoms with Crippen molar-refractivity contribution in [2.45, 2.75) is 12.2 Å². The highest BCUT2D eigenvalue weighted by molar-refractivity contribution is 5.85. The lowest BCUT2D eigenvalue weighted by Crippen LogP contribution is -2.30. The summed E-state index contributed by atoms with van der Waals surface area (Å²) in [6.07, 6.45) is -4.44. The monoisotopic (exact) mass is 297 g/mol. The summed E-state index contributed by atoms with van der Waals surface area (Å²) < 4.78 is 38.1. The first-order chi connectivity index (χ1) is 8.14. The summed E-state index contributed by atoms with van der Waals surface area (Å²) in [5, 5.41) is 0. The van der Waals surface area contributed by atoms with Crippen LogP contribution in [0.2, 0.25) is 0 Å². The molecule has 0 unspecified atom stereocenters. The molecule has 1 rings (SSSR count). The smallest absolute Gasteiger partial charge is 0.378 e. The highest BCUT2D eigenvalue weighted by Crippen LogP contribution is 2.36.